The summed E-state index contributed by atoms with van der Waals surface area (Å²) in [4.78, 5) is 23.1. The summed E-state index contributed by atoms with van der Waals surface area (Å²) in [5.74, 6) is -0.159. The van der Waals surface area contributed by atoms with E-state index in [9.17, 15) is 19.4 Å². The van der Waals surface area contributed by atoms with Crippen LogP contribution in [0.2, 0.25) is 0 Å². The molecule has 52 heavy (non-hydrogen) atoms. The van der Waals surface area contributed by atoms with Gasteiger partial charge in [0, 0.05) is 6.42 Å². The lowest BCUT2D eigenvalue weighted by molar-refractivity contribution is -0.870. The number of amides is 1. The Morgan fingerprint density at radius 3 is 1.62 bits per heavy atom. The van der Waals surface area contributed by atoms with Crippen LogP contribution in [-0.4, -0.2) is 73.4 Å². The number of rotatable bonds is 39. The summed E-state index contributed by atoms with van der Waals surface area (Å²) in [7, 11) is 1.61. The minimum absolute atomic E-state index is 0.0722. The van der Waals surface area contributed by atoms with Crippen LogP contribution in [0, 0.1) is 0 Å². The van der Waals surface area contributed by atoms with Gasteiger partial charge < -0.3 is 19.8 Å². The highest BCUT2D eigenvalue weighted by Crippen LogP contribution is 2.43. The lowest BCUT2D eigenvalue weighted by atomic mass is 10.0. The molecule has 0 heterocycles. The molecule has 0 radical (unpaired) electrons. The lowest BCUT2D eigenvalue weighted by Crippen LogP contribution is -2.46. The van der Waals surface area contributed by atoms with Crippen molar-refractivity contribution < 1.29 is 32.9 Å². The first-order chi connectivity index (χ1) is 25.0. The maximum absolute atomic E-state index is 12.9. The molecule has 0 aliphatic heterocycles. The molecule has 9 heteroatoms. The first kappa shape index (κ1) is 51.0. The maximum atomic E-state index is 12.9. The third-order valence-electron chi connectivity index (χ3n) is 9.70. The van der Waals surface area contributed by atoms with Crippen molar-refractivity contribution >= 4 is 13.7 Å². The van der Waals surface area contributed by atoms with Crippen molar-refractivity contribution in [2.75, 3.05) is 40.9 Å². The van der Waals surface area contributed by atoms with Crippen LogP contribution >= 0.6 is 7.82 Å². The zero-order chi connectivity index (χ0) is 38.6. The predicted molar refractivity (Wildman–Crippen MR) is 221 cm³/mol. The Morgan fingerprint density at radius 2 is 1.10 bits per heavy atom. The summed E-state index contributed by atoms with van der Waals surface area (Å²) in [6, 6.07) is -0.764. The molecule has 0 spiro atoms. The molecule has 8 nitrogen and oxygen atoms in total. The van der Waals surface area contributed by atoms with Crippen molar-refractivity contribution in [3.05, 3.63) is 24.3 Å². The number of aliphatic hydroxyl groups is 1. The summed E-state index contributed by atoms with van der Waals surface area (Å²) in [5.41, 5.74) is 0. The molecule has 3 N–H and O–H groups in total. The maximum Gasteiger partial charge on any atom is 0.472 e. The van der Waals surface area contributed by atoms with Crippen molar-refractivity contribution in [3.63, 3.8) is 0 Å². The van der Waals surface area contributed by atoms with Gasteiger partial charge in [0.1, 0.15) is 13.2 Å². The van der Waals surface area contributed by atoms with Crippen molar-refractivity contribution in [2.45, 2.75) is 206 Å². The molecular formula is C43H86N2O6P+. The van der Waals surface area contributed by atoms with Crippen molar-refractivity contribution in [1.82, 2.24) is 5.32 Å². The normalized spacial score (nSPS) is 14.7. The van der Waals surface area contributed by atoms with Gasteiger partial charge >= 0.3 is 7.82 Å². The van der Waals surface area contributed by atoms with Crippen molar-refractivity contribution in [3.8, 4) is 0 Å². The van der Waals surface area contributed by atoms with Gasteiger partial charge in [-0.15, -0.1) is 0 Å². The highest BCUT2D eigenvalue weighted by Gasteiger charge is 2.28. The zero-order valence-corrected chi connectivity index (χ0v) is 35.7. The molecular weight excluding hydrogens is 671 g/mol. The summed E-state index contributed by atoms with van der Waals surface area (Å²) >= 11 is 0. The Bertz CT molecular complexity index is 907. The van der Waals surface area contributed by atoms with Gasteiger partial charge in [0.15, 0.2) is 0 Å². The molecule has 0 saturated heterocycles. The Hall–Kier alpha value is -1.02. The van der Waals surface area contributed by atoms with E-state index in [1.54, 1.807) is 0 Å². The van der Waals surface area contributed by atoms with E-state index >= 15 is 0 Å². The van der Waals surface area contributed by atoms with Gasteiger partial charge in [-0.2, -0.15) is 0 Å². The fraction of sp³-hybridized carbons (Fsp3) is 0.884. The minimum atomic E-state index is -4.31. The SMILES string of the molecule is CCCCC/C=C\C/C=C\CCCCCCCC(=O)NC(COP(=O)(O)OCC[N+](C)(C)C)C(O)CCCCCCCCCCCCCCCCC. The van der Waals surface area contributed by atoms with Crippen LogP contribution in [0.3, 0.4) is 0 Å². The molecule has 3 unspecified atom stereocenters. The van der Waals surface area contributed by atoms with Crippen LogP contribution in [0.5, 0.6) is 0 Å². The molecule has 0 fully saturated rings. The molecule has 0 aromatic heterocycles. The van der Waals surface area contributed by atoms with Crippen molar-refractivity contribution in [1.29, 1.82) is 0 Å². The molecule has 0 aromatic carbocycles. The second kappa shape index (κ2) is 35.7. The molecule has 0 aliphatic rings. The number of allylic oxidation sites excluding steroid dienone is 4. The third-order valence-corrected chi connectivity index (χ3v) is 10.7. The van der Waals surface area contributed by atoms with Crippen LogP contribution in [0.4, 0.5) is 0 Å². The number of hydrogen-bond acceptors (Lipinski definition) is 5. The average molecular weight is 758 g/mol. The number of likely N-dealkylation sites (N-methyl/N-ethyl adjacent to an activating group) is 1. The number of hydrogen-bond donors (Lipinski definition) is 3. The van der Waals surface area contributed by atoms with E-state index in [4.69, 9.17) is 9.05 Å². The standard InChI is InChI=1S/C43H85N2O6P/c1-6-8-10-12-14-16-18-20-22-24-26-28-30-32-34-36-42(46)41(40-51-52(48,49)50-39-38-45(3,4)5)44-43(47)37-35-33-31-29-27-25-23-21-19-17-15-13-11-9-7-2/h15,17,21,23,41-42,46H,6-14,16,18-20,22,24-40H2,1-5H3,(H-,44,47,48,49)/p+1/b17-15-,23-21-. The third kappa shape index (κ3) is 37.3. The van der Waals surface area contributed by atoms with E-state index in [0.717, 1.165) is 64.2 Å². The molecule has 0 aliphatic carbocycles. The summed E-state index contributed by atoms with van der Waals surface area (Å²) in [5, 5.41) is 13.9. The number of carbonyl (C=O) groups is 1. The van der Waals surface area contributed by atoms with Gasteiger partial charge in [0.2, 0.25) is 5.91 Å². The number of carbonyl (C=O) groups excluding carboxylic acids is 1. The van der Waals surface area contributed by atoms with Gasteiger partial charge in [0.05, 0.1) is 39.9 Å². The second-order valence-corrected chi connectivity index (χ2v) is 17.5. The van der Waals surface area contributed by atoms with Crippen molar-refractivity contribution in [2.24, 2.45) is 0 Å². The number of phosphoric acid groups is 1. The van der Waals surface area contributed by atoms with Crippen LogP contribution in [0.25, 0.3) is 0 Å². The quantitative estimate of drug-likeness (QED) is 0.0250. The number of phosphoric ester groups is 1. The van der Waals surface area contributed by atoms with Gasteiger partial charge in [-0.25, -0.2) is 4.57 Å². The summed E-state index contributed by atoms with van der Waals surface area (Å²) < 4.78 is 23.6. The predicted octanol–water partition coefficient (Wildman–Crippen LogP) is 11.7. The summed E-state index contributed by atoms with van der Waals surface area (Å²) in [6.45, 7) is 4.85. The van der Waals surface area contributed by atoms with E-state index in [0.29, 0.717) is 23.9 Å². The van der Waals surface area contributed by atoms with Crippen LogP contribution in [0.1, 0.15) is 194 Å². The number of quaternary nitrogens is 1. The van der Waals surface area contributed by atoms with Gasteiger partial charge in [-0.1, -0.05) is 167 Å². The van der Waals surface area contributed by atoms with E-state index in [-0.39, 0.29) is 19.1 Å². The number of unbranched alkanes of at least 4 members (excludes halogenated alkanes) is 22. The highest BCUT2D eigenvalue weighted by molar-refractivity contribution is 7.47. The number of nitrogens with one attached hydrogen (secondary N) is 1. The highest BCUT2D eigenvalue weighted by atomic mass is 31.2. The minimum Gasteiger partial charge on any atom is -0.391 e. The average Bonchev–Trinajstić information content (AvgIpc) is 3.09. The van der Waals surface area contributed by atoms with Crippen LogP contribution < -0.4 is 5.32 Å². The van der Waals surface area contributed by atoms with E-state index in [1.165, 1.54) is 103 Å². The Morgan fingerprint density at radius 1 is 0.654 bits per heavy atom. The first-order valence-corrected chi connectivity index (χ1v) is 23.2. The lowest BCUT2D eigenvalue weighted by Gasteiger charge is -2.26. The fourth-order valence-electron chi connectivity index (χ4n) is 6.19. The largest absolute Gasteiger partial charge is 0.472 e. The smallest absolute Gasteiger partial charge is 0.391 e. The number of nitrogens with zero attached hydrogens (tertiary/aromatic N) is 1. The molecule has 3 atom stereocenters. The monoisotopic (exact) mass is 758 g/mol. The van der Waals surface area contributed by atoms with Gasteiger partial charge in [-0.3, -0.25) is 13.8 Å². The summed E-state index contributed by atoms with van der Waals surface area (Å²) in [6.07, 6.45) is 40.5. The molecule has 0 saturated carbocycles. The van der Waals surface area contributed by atoms with Gasteiger partial charge in [0.25, 0.3) is 0 Å². The number of aliphatic hydroxyl groups excluding tert-OH is 1. The molecule has 0 rings (SSSR count). The van der Waals surface area contributed by atoms with E-state index < -0.39 is 20.0 Å². The molecule has 0 aromatic rings. The molecule has 1 amide bonds. The molecule has 308 valence electrons. The van der Waals surface area contributed by atoms with Crippen LogP contribution in [-0.2, 0) is 18.4 Å². The topological polar surface area (TPSA) is 105 Å². The molecule has 0 bridgehead atoms. The Balaban J connectivity index is 4.41. The second-order valence-electron chi connectivity index (χ2n) is 16.1. The fourth-order valence-corrected chi connectivity index (χ4v) is 6.93. The van der Waals surface area contributed by atoms with E-state index in [2.05, 4.69) is 43.5 Å². The Labute approximate surface area is 322 Å². The Kier molecular flexibility index (Phi) is 35.0. The van der Waals surface area contributed by atoms with E-state index in [1.807, 2.05) is 21.1 Å². The first-order valence-electron chi connectivity index (χ1n) is 21.7. The van der Waals surface area contributed by atoms with Crippen LogP contribution in [0.15, 0.2) is 24.3 Å². The van der Waals surface area contributed by atoms with Gasteiger partial charge in [-0.05, 0) is 44.9 Å². The zero-order valence-electron chi connectivity index (χ0n) is 34.8.